The Kier molecular flexibility index (Phi) is 3.09. The number of aromatic nitrogens is 3. The van der Waals surface area contributed by atoms with Crippen molar-refractivity contribution in [2.24, 2.45) is 0 Å². The molecule has 1 aromatic heterocycles. The van der Waals surface area contributed by atoms with Gasteiger partial charge in [0.25, 0.3) is 0 Å². The van der Waals surface area contributed by atoms with Crippen molar-refractivity contribution in [3.05, 3.63) is 34.6 Å². The van der Waals surface area contributed by atoms with Gasteiger partial charge >= 0.3 is 0 Å². The maximum Gasteiger partial charge on any atom is 0.240 e. The number of para-hydroxylation sites is 1. The normalized spacial score (nSPS) is 10.4. The van der Waals surface area contributed by atoms with Crippen molar-refractivity contribution in [2.75, 3.05) is 12.8 Å². The van der Waals surface area contributed by atoms with Gasteiger partial charge in [-0.2, -0.15) is 4.98 Å². The monoisotopic (exact) mass is 282 g/mol. The van der Waals surface area contributed by atoms with Crippen LogP contribution in [0.3, 0.4) is 0 Å². The van der Waals surface area contributed by atoms with Crippen LogP contribution in [0, 0.1) is 0 Å². The molecule has 0 aliphatic carbocycles. The molecule has 0 radical (unpaired) electrons. The number of rotatable bonds is 3. The quantitative estimate of drug-likeness (QED) is 0.930. The average Bonchev–Trinajstić information content (AvgIpc) is 2.58. The van der Waals surface area contributed by atoms with Crippen LogP contribution in [0.15, 0.2) is 29.0 Å². The predicted molar refractivity (Wildman–Crippen MR) is 64.2 cm³/mol. The summed E-state index contributed by atoms with van der Waals surface area (Å²) in [5.74, 6) is 1.07. The summed E-state index contributed by atoms with van der Waals surface area (Å²) >= 11 is 3.29. The van der Waals surface area contributed by atoms with Gasteiger partial charge in [0.2, 0.25) is 5.95 Å². The van der Waals surface area contributed by atoms with Gasteiger partial charge in [-0.3, -0.25) is 0 Å². The molecule has 0 saturated heterocycles. The van der Waals surface area contributed by atoms with E-state index in [-0.39, 0.29) is 5.95 Å². The lowest BCUT2D eigenvalue weighted by Crippen LogP contribution is -2.04. The van der Waals surface area contributed by atoms with Gasteiger partial charge in [0.15, 0.2) is 4.73 Å². The first kappa shape index (κ1) is 10.9. The molecular formula is C10H11BrN4O. The molecule has 2 aromatic rings. The molecule has 0 bridgehead atoms. The van der Waals surface area contributed by atoms with Crippen molar-refractivity contribution in [1.29, 1.82) is 0 Å². The Balaban J connectivity index is 2.30. The van der Waals surface area contributed by atoms with Crippen molar-refractivity contribution >= 4 is 21.9 Å². The van der Waals surface area contributed by atoms with Gasteiger partial charge in [0, 0.05) is 5.56 Å². The minimum absolute atomic E-state index is 0.252. The van der Waals surface area contributed by atoms with E-state index in [2.05, 4.69) is 26.0 Å². The van der Waals surface area contributed by atoms with E-state index in [0.29, 0.717) is 11.3 Å². The third-order valence-electron chi connectivity index (χ3n) is 2.16. The van der Waals surface area contributed by atoms with E-state index in [1.807, 2.05) is 24.3 Å². The van der Waals surface area contributed by atoms with Crippen molar-refractivity contribution < 1.29 is 4.74 Å². The number of hydrogen-bond acceptors (Lipinski definition) is 4. The fourth-order valence-corrected chi connectivity index (χ4v) is 1.82. The van der Waals surface area contributed by atoms with Crippen LogP contribution >= 0.6 is 15.9 Å². The molecular weight excluding hydrogens is 272 g/mol. The molecule has 84 valence electrons. The second-order valence-corrected chi connectivity index (χ2v) is 3.92. The molecule has 16 heavy (non-hydrogen) atoms. The van der Waals surface area contributed by atoms with Crippen molar-refractivity contribution in [1.82, 2.24) is 14.8 Å². The summed E-state index contributed by atoms with van der Waals surface area (Å²) in [6, 6.07) is 7.76. The zero-order valence-electron chi connectivity index (χ0n) is 8.72. The van der Waals surface area contributed by atoms with Gasteiger partial charge in [0.1, 0.15) is 5.75 Å². The Hall–Kier alpha value is -1.56. The van der Waals surface area contributed by atoms with Crippen molar-refractivity contribution in [3.63, 3.8) is 0 Å². The topological polar surface area (TPSA) is 66.0 Å². The molecule has 0 saturated carbocycles. The Morgan fingerprint density at radius 1 is 1.44 bits per heavy atom. The third-order valence-corrected chi connectivity index (χ3v) is 2.74. The van der Waals surface area contributed by atoms with E-state index in [1.165, 1.54) is 0 Å². The fourth-order valence-electron chi connectivity index (χ4n) is 1.44. The minimum atomic E-state index is 0.252. The smallest absolute Gasteiger partial charge is 0.240 e. The van der Waals surface area contributed by atoms with E-state index in [9.17, 15) is 0 Å². The molecule has 0 fully saturated rings. The molecule has 0 spiro atoms. The third kappa shape index (κ3) is 2.16. The molecule has 0 aliphatic rings. The number of hydrogen-bond donors (Lipinski definition) is 1. The number of anilines is 1. The second kappa shape index (κ2) is 4.52. The molecule has 2 rings (SSSR count). The Labute approximate surface area is 101 Å². The van der Waals surface area contributed by atoms with E-state index >= 15 is 0 Å². The molecule has 0 aliphatic heterocycles. The largest absolute Gasteiger partial charge is 0.496 e. The number of ether oxygens (including phenoxy) is 1. The maximum absolute atomic E-state index is 5.50. The lowest BCUT2D eigenvalue weighted by molar-refractivity contribution is 0.407. The van der Waals surface area contributed by atoms with Crippen LogP contribution < -0.4 is 10.5 Å². The van der Waals surface area contributed by atoms with E-state index in [1.54, 1.807) is 11.8 Å². The van der Waals surface area contributed by atoms with Crippen LogP contribution in [0.4, 0.5) is 5.95 Å². The number of benzene rings is 1. The summed E-state index contributed by atoms with van der Waals surface area (Å²) in [5, 5.41) is 4.06. The van der Waals surface area contributed by atoms with Crippen molar-refractivity contribution in [2.45, 2.75) is 6.54 Å². The number of nitrogen functional groups attached to an aromatic ring is 1. The van der Waals surface area contributed by atoms with Crippen molar-refractivity contribution in [3.8, 4) is 5.75 Å². The standard InChI is InChI=1S/C10H11BrN4O/c1-16-8-5-3-2-4-7(8)6-15-9(11)13-10(12)14-15/h2-5H,6H2,1H3,(H2,12,14). The van der Waals surface area contributed by atoms with Gasteiger partial charge in [-0.15, -0.1) is 5.10 Å². The van der Waals surface area contributed by atoms with E-state index in [0.717, 1.165) is 11.3 Å². The highest BCUT2D eigenvalue weighted by Gasteiger charge is 2.08. The Bertz CT molecular complexity index is 497. The van der Waals surface area contributed by atoms with Gasteiger partial charge in [-0.25, -0.2) is 4.68 Å². The molecule has 1 heterocycles. The molecule has 6 heteroatoms. The molecule has 5 nitrogen and oxygen atoms in total. The Morgan fingerprint density at radius 2 is 2.19 bits per heavy atom. The average molecular weight is 283 g/mol. The first-order valence-corrected chi connectivity index (χ1v) is 5.47. The molecule has 0 amide bonds. The number of nitrogens with zero attached hydrogens (tertiary/aromatic N) is 3. The zero-order valence-corrected chi connectivity index (χ0v) is 10.3. The summed E-state index contributed by atoms with van der Waals surface area (Å²) in [6.07, 6.45) is 0. The summed E-state index contributed by atoms with van der Waals surface area (Å²) in [6.45, 7) is 0.564. The van der Waals surface area contributed by atoms with Crippen LogP contribution in [-0.4, -0.2) is 21.9 Å². The van der Waals surface area contributed by atoms with Crippen LogP contribution in [0.25, 0.3) is 0 Å². The van der Waals surface area contributed by atoms with Gasteiger partial charge < -0.3 is 10.5 Å². The number of methoxy groups -OCH3 is 1. The van der Waals surface area contributed by atoms with Crippen LogP contribution in [0.5, 0.6) is 5.75 Å². The van der Waals surface area contributed by atoms with E-state index in [4.69, 9.17) is 10.5 Å². The first-order valence-electron chi connectivity index (χ1n) is 4.68. The molecule has 0 atom stereocenters. The van der Waals surface area contributed by atoms with Gasteiger partial charge in [-0.1, -0.05) is 18.2 Å². The summed E-state index contributed by atoms with van der Waals surface area (Å²) in [7, 11) is 1.64. The highest BCUT2D eigenvalue weighted by molar-refractivity contribution is 9.10. The van der Waals surface area contributed by atoms with Crippen LogP contribution in [-0.2, 0) is 6.54 Å². The fraction of sp³-hybridized carbons (Fsp3) is 0.200. The van der Waals surface area contributed by atoms with Crippen LogP contribution in [0.1, 0.15) is 5.56 Å². The predicted octanol–water partition coefficient (Wildman–Crippen LogP) is 1.68. The highest BCUT2D eigenvalue weighted by atomic mass is 79.9. The number of halogens is 1. The summed E-state index contributed by atoms with van der Waals surface area (Å²) < 4.78 is 7.54. The second-order valence-electron chi connectivity index (χ2n) is 3.21. The molecule has 1 aromatic carbocycles. The lowest BCUT2D eigenvalue weighted by Gasteiger charge is -2.07. The van der Waals surface area contributed by atoms with Crippen LogP contribution in [0.2, 0.25) is 0 Å². The number of nitrogens with two attached hydrogens (primary N) is 1. The Morgan fingerprint density at radius 3 is 2.81 bits per heavy atom. The lowest BCUT2D eigenvalue weighted by atomic mass is 10.2. The zero-order chi connectivity index (χ0) is 11.5. The van der Waals surface area contributed by atoms with E-state index < -0.39 is 0 Å². The van der Waals surface area contributed by atoms with Gasteiger partial charge in [-0.05, 0) is 22.0 Å². The highest BCUT2D eigenvalue weighted by Crippen LogP contribution is 2.20. The minimum Gasteiger partial charge on any atom is -0.496 e. The molecule has 2 N–H and O–H groups in total. The maximum atomic E-state index is 5.50. The first-order chi connectivity index (χ1) is 7.70. The SMILES string of the molecule is COc1ccccc1Cn1nc(N)nc1Br. The summed E-state index contributed by atoms with van der Waals surface area (Å²) in [5.41, 5.74) is 6.52. The molecule has 0 unspecified atom stereocenters. The summed E-state index contributed by atoms with van der Waals surface area (Å²) in [4.78, 5) is 3.97. The van der Waals surface area contributed by atoms with Gasteiger partial charge in [0.05, 0.1) is 13.7 Å².